The molecule has 0 N–H and O–H groups in total. The van der Waals surface area contributed by atoms with E-state index in [-0.39, 0.29) is 11.6 Å². The highest BCUT2D eigenvalue weighted by atomic mass is 16.5. The quantitative estimate of drug-likeness (QED) is 0.826. The highest BCUT2D eigenvalue weighted by Gasteiger charge is 2.28. The Kier molecular flexibility index (Phi) is 4.06. The van der Waals surface area contributed by atoms with Gasteiger partial charge in [0.15, 0.2) is 11.6 Å². The molecule has 2 fully saturated rings. The Morgan fingerprint density at radius 3 is 2.33 bits per heavy atom. The zero-order valence-electron chi connectivity index (χ0n) is 13.7. The van der Waals surface area contributed by atoms with Crippen LogP contribution in [-0.4, -0.2) is 55.9 Å². The van der Waals surface area contributed by atoms with Gasteiger partial charge >= 0.3 is 0 Å². The van der Waals surface area contributed by atoms with Gasteiger partial charge in [0.05, 0.1) is 24.5 Å². The summed E-state index contributed by atoms with van der Waals surface area (Å²) in [5.74, 6) is 0.514. The fourth-order valence-electron chi connectivity index (χ4n) is 3.56. The van der Waals surface area contributed by atoms with E-state index in [1.54, 1.807) is 0 Å². The van der Waals surface area contributed by atoms with E-state index in [0.29, 0.717) is 24.5 Å². The van der Waals surface area contributed by atoms with E-state index in [9.17, 15) is 9.59 Å². The Bertz CT molecular complexity index is 643. The molecule has 0 unspecified atom stereocenters. The summed E-state index contributed by atoms with van der Waals surface area (Å²) in [6.45, 7) is 4.79. The van der Waals surface area contributed by atoms with Crippen molar-refractivity contribution in [2.24, 2.45) is 0 Å². The van der Waals surface area contributed by atoms with Crippen LogP contribution in [0.4, 0.5) is 11.5 Å². The lowest BCUT2D eigenvalue weighted by atomic mass is 9.98. The number of pyridine rings is 1. The molecule has 1 aliphatic carbocycles. The summed E-state index contributed by atoms with van der Waals surface area (Å²) in [7, 11) is 0. The second kappa shape index (κ2) is 6.36. The molecule has 0 saturated carbocycles. The first-order chi connectivity index (χ1) is 11.7. The minimum Gasteiger partial charge on any atom is -0.378 e. The maximum absolute atomic E-state index is 12.2. The van der Waals surface area contributed by atoms with Crippen LogP contribution >= 0.6 is 0 Å². The van der Waals surface area contributed by atoms with Crippen molar-refractivity contribution in [2.45, 2.75) is 19.3 Å². The highest BCUT2D eigenvalue weighted by Crippen LogP contribution is 2.33. The normalized spacial score (nSPS) is 21.2. The lowest BCUT2D eigenvalue weighted by molar-refractivity contribution is 0.0990. The van der Waals surface area contributed by atoms with E-state index in [1.807, 2.05) is 6.07 Å². The number of aromatic nitrogens is 1. The van der Waals surface area contributed by atoms with Crippen molar-refractivity contribution in [3.8, 4) is 0 Å². The zero-order chi connectivity index (χ0) is 16.5. The van der Waals surface area contributed by atoms with Gasteiger partial charge in [-0.2, -0.15) is 0 Å². The van der Waals surface area contributed by atoms with Crippen LogP contribution in [-0.2, 0) is 4.74 Å². The van der Waals surface area contributed by atoms with Crippen LogP contribution in [0.1, 0.15) is 40.1 Å². The monoisotopic (exact) mass is 327 g/mol. The van der Waals surface area contributed by atoms with Crippen molar-refractivity contribution in [2.75, 3.05) is 49.2 Å². The summed E-state index contributed by atoms with van der Waals surface area (Å²) in [6, 6.07) is 1.86. The minimum absolute atomic E-state index is 0.142. The Balaban J connectivity index is 1.81. The van der Waals surface area contributed by atoms with Gasteiger partial charge in [-0.05, 0) is 37.5 Å². The van der Waals surface area contributed by atoms with Crippen LogP contribution in [0.15, 0.2) is 18.2 Å². The molecule has 6 heteroatoms. The zero-order valence-corrected chi connectivity index (χ0v) is 13.7. The van der Waals surface area contributed by atoms with E-state index in [1.165, 1.54) is 18.6 Å². The molecular weight excluding hydrogens is 306 g/mol. The molecule has 4 rings (SSSR count). The lowest BCUT2D eigenvalue weighted by Gasteiger charge is -2.35. The predicted octanol–water partition coefficient (Wildman–Crippen LogP) is 1.84. The number of ether oxygens (including phenoxy) is 1. The molecule has 0 aromatic carbocycles. The molecule has 0 atom stereocenters. The molecule has 6 nitrogen and oxygen atoms in total. The second-order valence-corrected chi connectivity index (χ2v) is 6.44. The third-order valence-electron chi connectivity index (χ3n) is 4.88. The molecule has 0 spiro atoms. The summed E-state index contributed by atoms with van der Waals surface area (Å²) in [4.78, 5) is 33.6. The van der Waals surface area contributed by atoms with Crippen molar-refractivity contribution in [3.63, 3.8) is 0 Å². The Hall–Kier alpha value is -2.21. The smallest absolute Gasteiger partial charge is 0.205 e. The van der Waals surface area contributed by atoms with Gasteiger partial charge in [-0.3, -0.25) is 9.59 Å². The molecule has 0 amide bonds. The van der Waals surface area contributed by atoms with Gasteiger partial charge in [0, 0.05) is 26.2 Å². The number of carbonyl (C=O) groups excluding carboxylic acids is 2. The van der Waals surface area contributed by atoms with Gasteiger partial charge in [0.2, 0.25) is 5.78 Å². The molecule has 1 aromatic heterocycles. The SMILES string of the molecule is O=C1C=CC(=O)c2nc(N3CCCCC3)c(N3CCOCC3)cc21. The third kappa shape index (κ3) is 2.71. The number of hydrogen-bond acceptors (Lipinski definition) is 6. The number of morpholine rings is 1. The predicted molar refractivity (Wildman–Crippen MR) is 91.1 cm³/mol. The van der Waals surface area contributed by atoms with Crippen LogP contribution in [0.3, 0.4) is 0 Å². The van der Waals surface area contributed by atoms with Gasteiger partial charge < -0.3 is 14.5 Å². The summed E-state index contributed by atoms with van der Waals surface area (Å²) < 4.78 is 5.45. The van der Waals surface area contributed by atoms with Crippen molar-refractivity contribution < 1.29 is 14.3 Å². The Labute approximate surface area is 141 Å². The fourth-order valence-corrected chi connectivity index (χ4v) is 3.56. The van der Waals surface area contributed by atoms with Crippen molar-refractivity contribution >= 4 is 23.1 Å². The van der Waals surface area contributed by atoms with E-state index >= 15 is 0 Å². The summed E-state index contributed by atoms with van der Waals surface area (Å²) in [5, 5.41) is 0. The molecule has 3 heterocycles. The van der Waals surface area contributed by atoms with E-state index in [4.69, 9.17) is 4.74 Å². The largest absolute Gasteiger partial charge is 0.378 e. The first-order valence-corrected chi connectivity index (χ1v) is 8.63. The van der Waals surface area contributed by atoms with Gasteiger partial charge in [0.1, 0.15) is 5.69 Å². The number of anilines is 2. The molecule has 24 heavy (non-hydrogen) atoms. The summed E-state index contributed by atoms with van der Waals surface area (Å²) >= 11 is 0. The van der Waals surface area contributed by atoms with Gasteiger partial charge in [-0.1, -0.05) is 0 Å². The topological polar surface area (TPSA) is 62.7 Å². The maximum Gasteiger partial charge on any atom is 0.205 e. The highest BCUT2D eigenvalue weighted by molar-refractivity contribution is 6.21. The van der Waals surface area contributed by atoms with Crippen molar-refractivity contribution in [3.05, 3.63) is 29.5 Å². The lowest BCUT2D eigenvalue weighted by Crippen LogP contribution is -2.39. The number of allylic oxidation sites excluding steroid dienone is 2. The van der Waals surface area contributed by atoms with Crippen LogP contribution in [0.2, 0.25) is 0 Å². The average Bonchev–Trinajstić information content (AvgIpc) is 2.65. The number of nitrogens with zero attached hydrogens (tertiary/aromatic N) is 3. The van der Waals surface area contributed by atoms with E-state index < -0.39 is 0 Å². The van der Waals surface area contributed by atoms with Crippen LogP contribution < -0.4 is 9.80 Å². The molecule has 3 aliphatic rings. The van der Waals surface area contributed by atoms with Crippen LogP contribution in [0.25, 0.3) is 0 Å². The minimum atomic E-state index is -0.184. The summed E-state index contributed by atoms with van der Waals surface area (Å²) in [5.41, 5.74) is 1.67. The number of hydrogen-bond donors (Lipinski definition) is 0. The maximum atomic E-state index is 12.2. The Morgan fingerprint density at radius 2 is 1.58 bits per heavy atom. The molecule has 126 valence electrons. The third-order valence-corrected chi connectivity index (χ3v) is 4.88. The molecule has 1 aromatic rings. The molecule has 2 aliphatic heterocycles. The number of rotatable bonds is 2. The van der Waals surface area contributed by atoms with Crippen LogP contribution in [0, 0.1) is 0 Å². The summed E-state index contributed by atoms with van der Waals surface area (Å²) in [6.07, 6.45) is 6.17. The molecule has 0 bridgehead atoms. The van der Waals surface area contributed by atoms with Crippen LogP contribution in [0.5, 0.6) is 0 Å². The van der Waals surface area contributed by atoms with Crippen molar-refractivity contribution in [1.29, 1.82) is 0 Å². The molecular formula is C18H21N3O3. The average molecular weight is 327 g/mol. The number of ketones is 2. The van der Waals surface area contributed by atoms with Crippen molar-refractivity contribution in [1.82, 2.24) is 4.98 Å². The second-order valence-electron chi connectivity index (χ2n) is 6.44. The number of fused-ring (bicyclic) bond motifs is 1. The standard InChI is InChI=1S/C18H21N3O3/c22-15-4-5-16(23)17-13(15)12-14(20-8-10-24-11-9-20)18(19-17)21-6-2-1-3-7-21/h4-5,12H,1-3,6-11H2. The number of carbonyl (C=O) groups is 2. The van der Waals surface area contributed by atoms with Gasteiger partial charge in [-0.15, -0.1) is 0 Å². The number of piperidine rings is 1. The first kappa shape index (κ1) is 15.3. The van der Waals surface area contributed by atoms with Gasteiger partial charge in [0.25, 0.3) is 0 Å². The van der Waals surface area contributed by atoms with E-state index in [0.717, 1.165) is 50.5 Å². The van der Waals surface area contributed by atoms with Gasteiger partial charge in [-0.25, -0.2) is 4.98 Å². The molecule has 2 saturated heterocycles. The first-order valence-electron chi connectivity index (χ1n) is 8.63. The van der Waals surface area contributed by atoms with E-state index in [2.05, 4.69) is 14.8 Å². The molecule has 0 radical (unpaired) electrons. The Morgan fingerprint density at radius 1 is 0.875 bits per heavy atom. The fraction of sp³-hybridized carbons (Fsp3) is 0.500.